The fourth-order valence-electron chi connectivity index (χ4n) is 1.84. The van der Waals surface area contributed by atoms with Gasteiger partial charge in [0.15, 0.2) is 0 Å². The van der Waals surface area contributed by atoms with Gasteiger partial charge in [-0.3, -0.25) is 0 Å². The summed E-state index contributed by atoms with van der Waals surface area (Å²) in [5.41, 5.74) is 10.4. The van der Waals surface area contributed by atoms with E-state index in [1.807, 2.05) is 56.3 Å². The number of carbonyl (C=O) groups is 1. The van der Waals surface area contributed by atoms with Crippen molar-refractivity contribution in [2.75, 3.05) is 10.6 Å². The molecule has 0 aliphatic heterocycles. The van der Waals surface area contributed by atoms with Gasteiger partial charge in [0.2, 0.25) is 0 Å². The number of urea groups is 1. The third kappa shape index (κ3) is 3.59. The van der Waals surface area contributed by atoms with E-state index in [4.69, 9.17) is 5.73 Å². The normalized spacial score (nSPS) is 10.2. The summed E-state index contributed by atoms with van der Waals surface area (Å²) in [7, 11) is 0. The summed E-state index contributed by atoms with van der Waals surface area (Å²) in [6, 6.07) is 13.0. The van der Waals surface area contributed by atoms with Gasteiger partial charge in [-0.05, 0) is 54.8 Å². The van der Waals surface area contributed by atoms with E-state index in [2.05, 4.69) is 10.6 Å². The molecule has 2 rings (SSSR count). The Kier molecular flexibility index (Phi) is 4.38. The lowest BCUT2D eigenvalue weighted by molar-refractivity contribution is 0.262. The monoisotopic (exact) mass is 269 g/mol. The van der Waals surface area contributed by atoms with Crippen LogP contribution in [0, 0.1) is 13.8 Å². The van der Waals surface area contributed by atoms with Gasteiger partial charge in [-0.2, -0.15) is 0 Å². The molecule has 20 heavy (non-hydrogen) atoms. The van der Waals surface area contributed by atoms with Crippen LogP contribution in [0.4, 0.5) is 16.2 Å². The van der Waals surface area contributed by atoms with Crippen LogP contribution in [-0.4, -0.2) is 6.03 Å². The molecule has 104 valence electrons. The molecule has 0 aliphatic carbocycles. The molecule has 0 radical (unpaired) electrons. The van der Waals surface area contributed by atoms with Gasteiger partial charge in [0.25, 0.3) is 0 Å². The van der Waals surface area contributed by atoms with Crippen LogP contribution in [0.5, 0.6) is 0 Å². The number of rotatable bonds is 3. The molecule has 0 saturated heterocycles. The van der Waals surface area contributed by atoms with E-state index >= 15 is 0 Å². The van der Waals surface area contributed by atoms with Gasteiger partial charge in [-0.15, -0.1) is 0 Å². The Morgan fingerprint density at radius 1 is 0.950 bits per heavy atom. The van der Waals surface area contributed by atoms with Crippen LogP contribution in [0.2, 0.25) is 0 Å². The van der Waals surface area contributed by atoms with Gasteiger partial charge in [0.05, 0.1) is 0 Å². The first kappa shape index (κ1) is 14.1. The average molecular weight is 269 g/mol. The Bertz CT molecular complexity index is 606. The molecule has 2 aromatic carbocycles. The number of benzene rings is 2. The van der Waals surface area contributed by atoms with Crippen molar-refractivity contribution >= 4 is 17.4 Å². The molecule has 0 atom stereocenters. The van der Waals surface area contributed by atoms with Crippen LogP contribution in [0.3, 0.4) is 0 Å². The summed E-state index contributed by atoms with van der Waals surface area (Å²) in [4.78, 5) is 11.9. The van der Waals surface area contributed by atoms with Crippen molar-refractivity contribution in [3.8, 4) is 0 Å². The number of hydrogen-bond donors (Lipinski definition) is 3. The molecule has 0 unspecified atom stereocenters. The predicted molar refractivity (Wildman–Crippen MR) is 82.9 cm³/mol. The average Bonchev–Trinajstić information content (AvgIpc) is 2.44. The predicted octanol–water partition coefficient (Wildman–Crippen LogP) is 3.41. The maximum atomic E-state index is 11.9. The van der Waals surface area contributed by atoms with Crippen LogP contribution < -0.4 is 16.4 Å². The van der Waals surface area contributed by atoms with Crippen LogP contribution in [-0.2, 0) is 6.54 Å². The standard InChI is InChI=1S/C16H19N3O/c1-11-3-6-15(9-12(11)2)19-16(20)18-14-7-4-13(10-17)5-8-14/h3-9H,10,17H2,1-2H3,(H2,18,19,20). The van der Waals surface area contributed by atoms with Gasteiger partial charge < -0.3 is 16.4 Å². The number of carbonyl (C=O) groups excluding carboxylic acids is 1. The van der Waals surface area contributed by atoms with E-state index in [1.54, 1.807) is 0 Å². The zero-order chi connectivity index (χ0) is 14.5. The van der Waals surface area contributed by atoms with Gasteiger partial charge in [-0.25, -0.2) is 4.79 Å². The molecule has 0 heterocycles. The molecule has 0 aliphatic rings. The maximum Gasteiger partial charge on any atom is 0.323 e. The number of nitrogens with two attached hydrogens (primary N) is 1. The van der Waals surface area contributed by atoms with Gasteiger partial charge in [0, 0.05) is 17.9 Å². The van der Waals surface area contributed by atoms with Crippen LogP contribution in [0.25, 0.3) is 0 Å². The second kappa shape index (κ2) is 6.21. The maximum absolute atomic E-state index is 11.9. The summed E-state index contributed by atoms with van der Waals surface area (Å²) in [5, 5.41) is 5.60. The van der Waals surface area contributed by atoms with Gasteiger partial charge in [0.1, 0.15) is 0 Å². The first-order valence-corrected chi connectivity index (χ1v) is 6.53. The van der Waals surface area contributed by atoms with Crippen molar-refractivity contribution in [3.63, 3.8) is 0 Å². The molecule has 4 nitrogen and oxygen atoms in total. The lowest BCUT2D eigenvalue weighted by Crippen LogP contribution is -2.19. The topological polar surface area (TPSA) is 67.2 Å². The van der Waals surface area contributed by atoms with Crippen molar-refractivity contribution in [2.45, 2.75) is 20.4 Å². The second-order valence-corrected chi connectivity index (χ2v) is 4.78. The number of aryl methyl sites for hydroxylation is 2. The lowest BCUT2D eigenvalue weighted by Gasteiger charge is -2.09. The molecule has 0 saturated carbocycles. The van der Waals surface area contributed by atoms with Crippen molar-refractivity contribution in [3.05, 3.63) is 59.2 Å². The van der Waals surface area contributed by atoms with Crippen LogP contribution in [0.1, 0.15) is 16.7 Å². The molecule has 2 aromatic rings. The Balaban J connectivity index is 1.99. The van der Waals surface area contributed by atoms with E-state index in [1.165, 1.54) is 5.56 Å². The van der Waals surface area contributed by atoms with Crippen molar-refractivity contribution in [1.82, 2.24) is 0 Å². The lowest BCUT2D eigenvalue weighted by atomic mass is 10.1. The third-order valence-corrected chi connectivity index (χ3v) is 3.21. The summed E-state index contributed by atoms with van der Waals surface area (Å²) < 4.78 is 0. The second-order valence-electron chi connectivity index (χ2n) is 4.78. The number of hydrogen-bond acceptors (Lipinski definition) is 2. The zero-order valence-electron chi connectivity index (χ0n) is 11.7. The molecule has 0 fully saturated rings. The first-order valence-electron chi connectivity index (χ1n) is 6.53. The van der Waals surface area contributed by atoms with E-state index in [0.29, 0.717) is 6.54 Å². The first-order chi connectivity index (χ1) is 9.58. The minimum Gasteiger partial charge on any atom is -0.326 e. The van der Waals surface area contributed by atoms with E-state index in [0.717, 1.165) is 22.5 Å². The minimum absolute atomic E-state index is 0.256. The summed E-state index contributed by atoms with van der Waals surface area (Å²) in [6.07, 6.45) is 0. The summed E-state index contributed by atoms with van der Waals surface area (Å²) in [5.74, 6) is 0. The fourth-order valence-corrected chi connectivity index (χ4v) is 1.84. The Hall–Kier alpha value is -2.33. The van der Waals surface area contributed by atoms with E-state index in [9.17, 15) is 4.79 Å². The quantitative estimate of drug-likeness (QED) is 0.799. The Labute approximate surface area is 119 Å². The number of nitrogens with one attached hydrogen (secondary N) is 2. The minimum atomic E-state index is -0.256. The molecule has 4 heteroatoms. The van der Waals surface area contributed by atoms with E-state index in [-0.39, 0.29) is 6.03 Å². The third-order valence-electron chi connectivity index (χ3n) is 3.21. The highest BCUT2D eigenvalue weighted by atomic mass is 16.2. The van der Waals surface area contributed by atoms with Gasteiger partial charge in [-0.1, -0.05) is 18.2 Å². The zero-order valence-corrected chi connectivity index (χ0v) is 11.7. The molecular weight excluding hydrogens is 250 g/mol. The Morgan fingerprint density at radius 3 is 2.15 bits per heavy atom. The van der Waals surface area contributed by atoms with Crippen LogP contribution >= 0.6 is 0 Å². The summed E-state index contributed by atoms with van der Waals surface area (Å²) in [6.45, 7) is 4.55. The summed E-state index contributed by atoms with van der Waals surface area (Å²) >= 11 is 0. The van der Waals surface area contributed by atoms with Crippen molar-refractivity contribution < 1.29 is 4.79 Å². The van der Waals surface area contributed by atoms with Crippen molar-refractivity contribution in [2.24, 2.45) is 5.73 Å². The fraction of sp³-hybridized carbons (Fsp3) is 0.188. The molecular formula is C16H19N3O. The molecule has 4 N–H and O–H groups in total. The highest BCUT2D eigenvalue weighted by Crippen LogP contribution is 2.15. The van der Waals surface area contributed by atoms with Gasteiger partial charge >= 0.3 is 6.03 Å². The van der Waals surface area contributed by atoms with E-state index < -0.39 is 0 Å². The molecule has 0 spiro atoms. The highest BCUT2D eigenvalue weighted by Gasteiger charge is 2.03. The highest BCUT2D eigenvalue weighted by molar-refractivity contribution is 5.99. The Morgan fingerprint density at radius 2 is 1.55 bits per heavy atom. The SMILES string of the molecule is Cc1ccc(NC(=O)Nc2ccc(CN)cc2)cc1C. The molecule has 0 aromatic heterocycles. The number of amides is 2. The van der Waals surface area contributed by atoms with Crippen molar-refractivity contribution in [1.29, 1.82) is 0 Å². The number of anilines is 2. The molecule has 2 amide bonds. The molecule has 0 bridgehead atoms. The smallest absolute Gasteiger partial charge is 0.323 e. The largest absolute Gasteiger partial charge is 0.326 e. The van der Waals surface area contributed by atoms with Crippen LogP contribution in [0.15, 0.2) is 42.5 Å².